The van der Waals surface area contributed by atoms with Gasteiger partial charge in [-0.05, 0) is 44.4 Å². The quantitative estimate of drug-likeness (QED) is 0.724. The Morgan fingerprint density at radius 3 is 2.71 bits per heavy atom. The van der Waals surface area contributed by atoms with Crippen LogP contribution in [0.3, 0.4) is 0 Å². The van der Waals surface area contributed by atoms with E-state index in [-0.39, 0.29) is 0 Å². The van der Waals surface area contributed by atoms with Gasteiger partial charge in [-0.2, -0.15) is 0 Å². The summed E-state index contributed by atoms with van der Waals surface area (Å²) in [6.07, 6.45) is 4.26. The highest BCUT2D eigenvalue weighted by Gasteiger charge is 1.97. The van der Waals surface area contributed by atoms with E-state index in [9.17, 15) is 0 Å². The summed E-state index contributed by atoms with van der Waals surface area (Å²) in [5.41, 5.74) is 9.65. The van der Waals surface area contributed by atoms with Crippen molar-refractivity contribution in [3.63, 3.8) is 0 Å². The molecule has 0 bridgehead atoms. The second-order valence-electron chi connectivity index (χ2n) is 3.73. The Balaban J connectivity index is 2.64. The lowest BCUT2D eigenvalue weighted by Crippen LogP contribution is -1.97. The molecule has 0 heterocycles. The molecule has 14 heavy (non-hydrogen) atoms. The Labute approximate surface area is 86.6 Å². The van der Waals surface area contributed by atoms with Crippen LogP contribution < -0.4 is 5.73 Å². The average molecular weight is 189 g/mol. The first-order valence-corrected chi connectivity index (χ1v) is 5.14. The van der Waals surface area contributed by atoms with Crippen molar-refractivity contribution in [3.8, 4) is 0 Å². The zero-order valence-electron chi connectivity index (χ0n) is 9.09. The van der Waals surface area contributed by atoms with E-state index >= 15 is 0 Å². The first kappa shape index (κ1) is 11.0. The van der Waals surface area contributed by atoms with Gasteiger partial charge in [0.25, 0.3) is 0 Å². The Morgan fingerprint density at radius 1 is 1.36 bits per heavy atom. The number of benzene rings is 1. The largest absolute Gasteiger partial charge is 0.330 e. The molecule has 0 aliphatic rings. The molecule has 1 aromatic carbocycles. The lowest BCUT2D eigenvalue weighted by Gasteiger charge is -2.05. The van der Waals surface area contributed by atoms with E-state index in [4.69, 9.17) is 5.73 Å². The van der Waals surface area contributed by atoms with Crippen LogP contribution in [0.2, 0.25) is 0 Å². The molecule has 1 heteroatoms. The zero-order chi connectivity index (χ0) is 10.4. The Morgan fingerprint density at radius 2 is 2.07 bits per heavy atom. The number of hydrogen-bond donors (Lipinski definition) is 1. The van der Waals surface area contributed by atoms with E-state index in [1.165, 1.54) is 16.7 Å². The molecule has 1 rings (SSSR count). The van der Waals surface area contributed by atoms with E-state index in [0.29, 0.717) is 0 Å². The van der Waals surface area contributed by atoms with Gasteiger partial charge >= 0.3 is 0 Å². The molecule has 0 fully saturated rings. The third-order valence-corrected chi connectivity index (χ3v) is 2.39. The lowest BCUT2D eigenvalue weighted by molar-refractivity contribution is 0.979. The Kier molecular flexibility index (Phi) is 4.41. The second kappa shape index (κ2) is 5.61. The van der Waals surface area contributed by atoms with Gasteiger partial charge in [-0.15, -0.1) is 0 Å². The third-order valence-electron chi connectivity index (χ3n) is 2.39. The highest BCUT2D eigenvalue weighted by atomic mass is 14.5. The molecule has 1 aromatic rings. The summed E-state index contributed by atoms with van der Waals surface area (Å²) >= 11 is 0. The molecule has 0 saturated heterocycles. The van der Waals surface area contributed by atoms with E-state index in [2.05, 4.69) is 44.2 Å². The fraction of sp³-hybridized carbons (Fsp3) is 0.385. The molecule has 2 N–H and O–H groups in total. The maximum atomic E-state index is 5.46. The molecule has 0 aliphatic carbocycles. The molecule has 0 aliphatic heterocycles. The predicted molar refractivity (Wildman–Crippen MR) is 62.3 cm³/mol. The number of allylic oxidation sites excluding steroid dienone is 1. The van der Waals surface area contributed by atoms with Crippen molar-refractivity contribution in [2.24, 2.45) is 5.73 Å². The Bertz CT molecular complexity index is 313. The minimum Gasteiger partial charge on any atom is -0.330 e. The van der Waals surface area contributed by atoms with Crippen LogP contribution in [0.4, 0.5) is 0 Å². The minimum absolute atomic E-state index is 0.741. The van der Waals surface area contributed by atoms with Gasteiger partial charge in [-0.25, -0.2) is 0 Å². The van der Waals surface area contributed by atoms with Crippen LogP contribution in [0.25, 0.3) is 0 Å². The summed E-state index contributed by atoms with van der Waals surface area (Å²) in [5, 5.41) is 0. The standard InChI is InChI=1S/C13H19N/c1-11(6-5-9-14)10-13-8-4-3-7-12(13)2/h3-4,6-8H,5,9-10,14H2,1-2H3. The van der Waals surface area contributed by atoms with Crippen LogP contribution in [0.15, 0.2) is 35.9 Å². The van der Waals surface area contributed by atoms with Gasteiger partial charge in [0.15, 0.2) is 0 Å². The summed E-state index contributed by atoms with van der Waals surface area (Å²) in [6.45, 7) is 5.07. The van der Waals surface area contributed by atoms with Crippen molar-refractivity contribution in [2.45, 2.75) is 26.7 Å². The first-order chi connectivity index (χ1) is 6.74. The minimum atomic E-state index is 0.741. The highest BCUT2D eigenvalue weighted by molar-refractivity contribution is 5.29. The third kappa shape index (κ3) is 3.35. The van der Waals surface area contributed by atoms with Gasteiger partial charge in [0, 0.05) is 0 Å². The summed E-state index contributed by atoms with van der Waals surface area (Å²) in [4.78, 5) is 0. The van der Waals surface area contributed by atoms with Gasteiger partial charge < -0.3 is 5.73 Å². The molecule has 0 unspecified atom stereocenters. The fourth-order valence-corrected chi connectivity index (χ4v) is 1.51. The summed E-state index contributed by atoms with van der Waals surface area (Å²) in [5.74, 6) is 0. The van der Waals surface area contributed by atoms with Crippen LogP contribution in [0, 0.1) is 6.92 Å². The van der Waals surface area contributed by atoms with Gasteiger partial charge in [-0.3, -0.25) is 0 Å². The fourth-order valence-electron chi connectivity index (χ4n) is 1.51. The van der Waals surface area contributed by atoms with Gasteiger partial charge in [0.2, 0.25) is 0 Å². The first-order valence-electron chi connectivity index (χ1n) is 5.14. The summed E-state index contributed by atoms with van der Waals surface area (Å²) < 4.78 is 0. The summed E-state index contributed by atoms with van der Waals surface area (Å²) in [6, 6.07) is 8.52. The van der Waals surface area contributed by atoms with Crippen LogP contribution >= 0.6 is 0 Å². The maximum Gasteiger partial charge on any atom is -0.00425 e. The monoisotopic (exact) mass is 189 g/mol. The zero-order valence-corrected chi connectivity index (χ0v) is 9.09. The van der Waals surface area contributed by atoms with E-state index < -0.39 is 0 Å². The molecule has 0 radical (unpaired) electrons. The van der Waals surface area contributed by atoms with Crippen molar-refractivity contribution < 1.29 is 0 Å². The Hall–Kier alpha value is -1.08. The number of nitrogens with two attached hydrogens (primary N) is 1. The molecular formula is C13H19N. The topological polar surface area (TPSA) is 26.0 Å². The van der Waals surface area contributed by atoms with Crippen molar-refractivity contribution in [3.05, 3.63) is 47.0 Å². The van der Waals surface area contributed by atoms with E-state index in [1.54, 1.807) is 0 Å². The molecule has 0 saturated carbocycles. The van der Waals surface area contributed by atoms with Crippen LogP contribution in [-0.4, -0.2) is 6.54 Å². The summed E-state index contributed by atoms with van der Waals surface area (Å²) in [7, 11) is 0. The molecule has 76 valence electrons. The molecule has 1 nitrogen and oxygen atoms in total. The average Bonchev–Trinajstić information content (AvgIpc) is 2.18. The van der Waals surface area contributed by atoms with Crippen molar-refractivity contribution in [2.75, 3.05) is 6.54 Å². The normalized spacial score (nSPS) is 11.8. The predicted octanol–water partition coefficient (Wildman–Crippen LogP) is 2.83. The van der Waals surface area contributed by atoms with Gasteiger partial charge in [-0.1, -0.05) is 35.9 Å². The molecule has 0 amide bonds. The maximum absolute atomic E-state index is 5.46. The molecule has 0 atom stereocenters. The molecular weight excluding hydrogens is 170 g/mol. The van der Waals surface area contributed by atoms with Crippen LogP contribution in [0.1, 0.15) is 24.5 Å². The van der Waals surface area contributed by atoms with E-state index in [1.807, 2.05) is 0 Å². The van der Waals surface area contributed by atoms with Crippen molar-refractivity contribution in [1.82, 2.24) is 0 Å². The van der Waals surface area contributed by atoms with Crippen LogP contribution in [0.5, 0.6) is 0 Å². The van der Waals surface area contributed by atoms with Gasteiger partial charge in [0.1, 0.15) is 0 Å². The number of rotatable bonds is 4. The van der Waals surface area contributed by atoms with Crippen molar-refractivity contribution >= 4 is 0 Å². The molecule has 0 aromatic heterocycles. The lowest BCUT2D eigenvalue weighted by atomic mass is 10.0. The van der Waals surface area contributed by atoms with Crippen LogP contribution in [-0.2, 0) is 6.42 Å². The molecule has 0 spiro atoms. The number of aryl methyl sites for hydroxylation is 1. The van der Waals surface area contributed by atoms with Crippen molar-refractivity contribution in [1.29, 1.82) is 0 Å². The van der Waals surface area contributed by atoms with E-state index in [0.717, 1.165) is 19.4 Å². The van der Waals surface area contributed by atoms with Gasteiger partial charge in [0.05, 0.1) is 0 Å². The smallest absolute Gasteiger partial charge is 0.00425 e. The second-order valence-corrected chi connectivity index (χ2v) is 3.73. The SMILES string of the molecule is CC(=CCCN)Cc1ccccc1C. The highest BCUT2D eigenvalue weighted by Crippen LogP contribution is 2.12. The number of hydrogen-bond acceptors (Lipinski definition) is 1.